The lowest BCUT2D eigenvalue weighted by Gasteiger charge is -2.06. The van der Waals surface area contributed by atoms with Crippen LogP contribution in [0.5, 0.6) is 11.5 Å². The lowest BCUT2D eigenvalue weighted by molar-refractivity contribution is -0.116. The maximum atomic E-state index is 12.0. The highest BCUT2D eigenvalue weighted by atomic mass is 16.7. The number of fused-ring (bicyclic) bond motifs is 1. The normalized spacial score (nSPS) is 11.8. The zero-order valence-corrected chi connectivity index (χ0v) is 11.8. The molecule has 0 aliphatic carbocycles. The summed E-state index contributed by atoms with van der Waals surface area (Å²) in [5.74, 6) is 1.27. The topological polar surface area (TPSA) is 71.4 Å². The zero-order valence-electron chi connectivity index (χ0n) is 11.8. The van der Waals surface area contributed by atoms with Crippen molar-refractivity contribution in [1.29, 1.82) is 5.26 Å². The van der Waals surface area contributed by atoms with E-state index in [1.54, 1.807) is 30.3 Å². The van der Waals surface area contributed by atoms with Crippen LogP contribution in [0.4, 0.5) is 5.69 Å². The first-order chi connectivity index (χ1) is 10.7. The highest BCUT2D eigenvalue weighted by Gasteiger charge is 2.14. The maximum absolute atomic E-state index is 12.0. The smallest absolute Gasteiger partial charge is 0.231 e. The van der Waals surface area contributed by atoms with Gasteiger partial charge in [0, 0.05) is 18.2 Å². The van der Waals surface area contributed by atoms with Gasteiger partial charge in [0.05, 0.1) is 11.6 Å². The quantitative estimate of drug-likeness (QED) is 0.941. The molecule has 0 atom stereocenters. The Morgan fingerprint density at radius 3 is 2.68 bits per heavy atom. The minimum atomic E-state index is -0.0665. The molecule has 0 bridgehead atoms. The van der Waals surface area contributed by atoms with Crippen molar-refractivity contribution in [2.75, 3.05) is 12.1 Å². The SMILES string of the molecule is N#Cc1ccc(CCC(=O)Nc2ccc3c(c2)OCO3)cc1. The molecular weight excluding hydrogens is 280 g/mol. The summed E-state index contributed by atoms with van der Waals surface area (Å²) in [6, 6.07) is 14.6. The molecule has 1 amide bonds. The van der Waals surface area contributed by atoms with Crippen LogP contribution in [0.15, 0.2) is 42.5 Å². The summed E-state index contributed by atoms with van der Waals surface area (Å²) in [5, 5.41) is 11.6. The molecule has 0 aromatic heterocycles. The number of rotatable bonds is 4. The van der Waals surface area contributed by atoms with Crippen molar-refractivity contribution in [3.8, 4) is 17.6 Å². The van der Waals surface area contributed by atoms with Crippen molar-refractivity contribution in [2.45, 2.75) is 12.8 Å². The molecule has 22 heavy (non-hydrogen) atoms. The van der Waals surface area contributed by atoms with Crippen molar-refractivity contribution in [3.05, 3.63) is 53.6 Å². The Kier molecular flexibility index (Phi) is 3.92. The number of nitriles is 1. The first-order valence-electron chi connectivity index (χ1n) is 6.93. The number of nitrogens with zero attached hydrogens (tertiary/aromatic N) is 1. The van der Waals surface area contributed by atoms with Gasteiger partial charge in [0.25, 0.3) is 0 Å². The van der Waals surface area contributed by atoms with Gasteiger partial charge in [0.2, 0.25) is 12.7 Å². The van der Waals surface area contributed by atoms with Crippen molar-refractivity contribution < 1.29 is 14.3 Å². The van der Waals surface area contributed by atoms with Crippen LogP contribution < -0.4 is 14.8 Å². The van der Waals surface area contributed by atoms with E-state index in [9.17, 15) is 4.79 Å². The summed E-state index contributed by atoms with van der Waals surface area (Å²) in [7, 11) is 0. The standard InChI is InChI=1S/C17H14N2O3/c18-10-13-3-1-12(2-4-13)5-8-17(20)19-14-6-7-15-16(9-14)22-11-21-15/h1-4,6-7,9H,5,8,11H2,(H,19,20). The van der Waals surface area contributed by atoms with Crippen molar-refractivity contribution in [1.82, 2.24) is 0 Å². The molecule has 2 aromatic carbocycles. The minimum Gasteiger partial charge on any atom is -0.454 e. The van der Waals surface area contributed by atoms with Crippen LogP contribution in [0.2, 0.25) is 0 Å². The van der Waals surface area contributed by atoms with Gasteiger partial charge in [-0.25, -0.2) is 0 Å². The fourth-order valence-corrected chi connectivity index (χ4v) is 2.20. The molecule has 0 saturated heterocycles. The van der Waals surface area contributed by atoms with Crippen molar-refractivity contribution >= 4 is 11.6 Å². The van der Waals surface area contributed by atoms with Crippen LogP contribution in [0.25, 0.3) is 0 Å². The third-order valence-electron chi connectivity index (χ3n) is 3.38. The van der Waals surface area contributed by atoms with E-state index in [0.29, 0.717) is 35.6 Å². The molecule has 1 heterocycles. The predicted octanol–water partition coefficient (Wildman–Crippen LogP) is 2.86. The van der Waals surface area contributed by atoms with E-state index in [2.05, 4.69) is 11.4 Å². The largest absolute Gasteiger partial charge is 0.454 e. The molecule has 5 nitrogen and oxygen atoms in total. The number of hydrogen-bond acceptors (Lipinski definition) is 4. The van der Waals surface area contributed by atoms with Gasteiger partial charge in [-0.2, -0.15) is 5.26 Å². The van der Waals surface area contributed by atoms with Gasteiger partial charge in [0.1, 0.15) is 0 Å². The van der Waals surface area contributed by atoms with Crippen molar-refractivity contribution in [3.63, 3.8) is 0 Å². The van der Waals surface area contributed by atoms with Gasteiger partial charge in [-0.05, 0) is 36.2 Å². The van der Waals surface area contributed by atoms with Crippen LogP contribution in [-0.4, -0.2) is 12.7 Å². The van der Waals surface area contributed by atoms with E-state index in [4.69, 9.17) is 14.7 Å². The summed E-state index contributed by atoms with van der Waals surface area (Å²) in [4.78, 5) is 12.0. The fourth-order valence-electron chi connectivity index (χ4n) is 2.20. The van der Waals surface area contributed by atoms with E-state index in [1.807, 2.05) is 12.1 Å². The number of nitrogens with one attached hydrogen (secondary N) is 1. The maximum Gasteiger partial charge on any atom is 0.231 e. The number of benzene rings is 2. The Morgan fingerprint density at radius 2 is 1.91 bits per heavy atom. The second kappa shape index (κ2) is 6.19. The van der Waals surface area contributed by atoms with E-state index in [1.165, 1.54) is 0 Å². The molecule has 1 N–H and O–H groups in total. The van der Waals surface area contributed by atoms with E-state index < -0.39 is 0 Å². The molecule has 0 spiro atoms. The van der Waals surface area contributed by atoms with Gasteiger partial charge in [-0.1, -0.05) is 12.1 Å². The predicted molar refractivity (Wildman–Crippen MR) is 80.7 cm³/mol. The molecule has 0 saturated carbocycles. The highest BCUT2D eigenvalue weighted by Crippen LogP contribution is 2.34. The average Bonchev–Trinajstić information content (AvgIpc) is 3.01. The Hall–Kier alpha value is -3.00. The van der Waals surface area contributed by atoms with Gasteiger partial charge < -0.3 is 14.8 Å². The van der Waals surface area contributed by atoms with Crippen LogP contribution in [0, 0.1) is 11.3 Å². The summed E-state index contributed by atoms with van der Waals surface area (Å²) in [6.07, 6.45) is 1.00. The lowest BCUT2D eigenvalue weighted by atomic mass is 10.1. The average molecular weight is 294 g/mol. The molecule has 2 aromatic rings. The Balaban J connectivity index is 1.55. The third-order valence-corrected chi connectivity index (χ3v) is 3.38. The van der Waals surface area contributed by atoms with Gasteiger partial charge in [0.15, 0.2) is 11.5 Å². The summed E-state index contributed by atoms with van der Waals surface area (Å²) < 4.78 is 10.5. The number of amides is 1. The van der Waals surface area contributed by atoms with E-state index >= 15 is 0 Å². The van der Waals surface area contributed by atoms with Gasteiger partial charge in [-0.15, -0.1) is 0 Å². The Morgan fingerprint density at radius 1 is 1.14 bits per heavy atom. The molecular formula is C17H14N2O3. The van der Waals surface area contributed by atoms with Crippen LogP contribution in [-0.2, 0) is 11.2 Å². The monoisotopic (exact) mass is 294 g/mol. The zero-order chi connectivity index (χ0) is 15.4. The number of aryl methyl sites for hydroxylation is 1. The number of hydrogen-bond donors (Lipinski definition) is 1. The summed E-state index contributed by atoms with van der Waals surface area (Å²) in [5.41, 5.74) is 2.34. The van der Waals surface area contributed by atoms with E-state index in [-0.39, 0.29) is 12.7 Å². The molecule has 1 aliphatic heterocycles. The number of anilines is 1. The molecule has 1 aliphatic rings. The second-order valence-electron chi connectivity index (χ2n) is 4.92. The third kappa shape index (κ3) is 3.18. The summed E-state index contributed by atoms with van der Waals surface area (Å²) in [6.45, 7) is 0.214. The van der Waals surface area contributed by atoms with Gasteiger partial charge >= 0.3 is 0 Å². The van der Waals surface area contributed by atoms with Gasteiger partial charge in [-0.3, -0.25) is 4.79 Å². The molecule has 0 radical (unpaired) electrons. The Labute approximate surface area is 128 Å². The lowest BCUT2D eigenvalue weighted by Crippen LogP contribution is -2.12. The first-order valence-corrected chi connectivity index (χ1v) is 6.93. The summed E-state index contributed by atoms with van der Waals surface area (Å²) >= 11 is 0. The Bertz CT molecular complexity index is 733. The molecule has 0 fully saturated rings. The molecule has 110 valence electrons. The first kappa shape index (κ1) is 14.0. The highest BCUT2D eigenvalue weighted by molar-refractivity contribution is 5.91. The molecule has 5 heteroatoms. The van der Waals surface area contributed by atoms with Crippen LogP contribution in [0.3, 0.4) is 0 Å². The minimum absolute atomic E-state index is 0.0665. The fraction of sp³-hybridized carbons (Fsp3) is 0.176. The molecule has 0 unspecified atom stereocenters. The van der Waals surface area contributed by atoms with Crippen LogP contribution in [0.1, 0.15) is 17.5 Å². The van der Waals surface area contributed by atoms with E-state index in [0.717, 1.165) is 5.56 Å². The number of ether oxygens (including phenoxy) is 2. The molecule has 3 rings (SSSR count). The number of carbonyl (C=O) groups is 1. The van der Waals surface area contributed by atoms with Crippen LogP contribution >= 0.6 is 0 Å². The second-order valence-corrected chi connectivity index (χ2v) is 4.92. The number of carbonyl (C=O) groups excluding carboxylic acids is 1. The van der Waals surface area contributed by atoms with Crippen molar-refractivity contribution in [2.24, 2.45) is 0 Å².